The Bertz CT molecular complexity index is 483. The summed E-state index contributed by atoms with van der Waals surface area (Å²) in [4.78, 5) is 22.9. The number of amides is 1. The van der Waals surface area contributed by atoms with Crippen molar-refractivity contribution in [2.45, 2.75) is 19.8 Å². The van der Waals surface area contributed by atoms with E-state index in [0.717, 1.165) is 27.7 Å². The van der Waals surface area contributed by atoms with Crippen molar-refractivity contribution in [3.05, 3.63) is 27.3 Å². The van der Waals surface area contributed by atoms with Gasteiger partial charge in [0.05, 0.1) is 5.92 Å². The monoisotopic (exact) mass is 359 g/mol. The molecule has 1 amide bonds. The van der Waals surface area contributed by atoms with Gasteiger partial charge in [0.1, 0.15) is 0 Å². The van der Waals surface area contributed by atoms with Crippen molar-refractivity contribution in [1.29, 1.82) is 0 Å². The first-order valence-corrected chi connectivity index (χ1v) is 6.87. The number of ether oxygens (including phenoxy) is 1. The number of benzene rings is 1. The van der Waals surface area contributed by atoms with Crippen LogP contribution in [0.15, 0.2) is 18.2 Å². The van der Waals surface area contributed by atoms with Crippen LogP contribution in [0.2, 0.25) is 0 Å². The van der Waals surface area contributed by atoms with E-state index in [1.165, 1.54) is 0 Å². The highest BCUT2D eigenvalue weighted by atomic mass is 127. The molecule has 0 heterocycles. The van der Waals surface area contributed by atoms with E-state index < -0.39 is 0 Å². The van der Waals surface area contributed by atoms with E-state index in [1.54, 1.807) is 0 Å². The number of carbonyl (C=O) groups is 2. The van der Waals surface area contributed by atoms with Gasteiger partial charge in [0.15, 0.2) is 6.61 Å². The van der Waals surface area contributed by atoms with Crippen molar-refractivity contribution in [1.82, 2.24) is 0 Å². The number of anilines is 1. The van der Waals surface area contributed by atoms with Gasteiger partial charge in [0, 0.05) is 9.26 Å². The number of halogens is 1. The predicted octanol–water partition coefficient (Wildman–Crippen LogP) is 2.49. The molecule has 0 atom stereocenters. The van der Waals surface area contributed by atoms with Crippen LogP contribution < -0.4 is 5.32 Å². The van der Waals surface area contributed by atoms with Gasteiger partial charge in [-0.1, -0.05) is 0 Å². The summed E-state index contributed by atoms with van der Waals surface area (Å²) in [6, 6.07) is 5.74. The van der Waals surface area contributed by atoms with Gasteiger partial charge in [-0.15, -0.1) is 0 Å². The van der Waals surface area contributed by atoms with Gasteiger partial charge in [0.2, 0.25) is 0 Å². The zero-order valence-corrected chi connectivity index (χ0v) is 12.2. The maximum Gasteiger partial charge on any atom is 0.309 e. The molecule has 0 spiro atoms. The lowest BCUT2D eigenvalue weighted by atomic mass is 10.2. The lowest BCUT2D eigenvalue weighted by molar-refractivity contribution is -0.148. The molecule has 1 aromatic rings. The molecule has 5 heteroatoms. The summed E-state index contributed by atoms with van der Waals surface area (Å²) in [7, 11) is 0. The molecule has 0 bridgehead atoms. The van der Waals surface area contributed by atoms with E-state index in [1.807, 2.05) is 25.1 Å². The van der Waals surface area contributed by atoms with Crippen LogP contribution in [0.3, 0.4) is 0 Å². The average molecular weight is 359 g/mol. The van der Waals surface area contributed by atoms with Crippen molar-refractivity contribution in [2.24, 2.45) is 5.92 Å². The Labute approximate surface area is 119 Å². The molecule has 0 aliphatic heterocycles. The maximum absolute atomic E-state index is 11.6. The number of aryl methyl sites for hydroxylation is 1. The Morgan fingerprint density at radius 3 is 2.78 bits per heavy atom. The van der Waals surface area contributed by atoms with Gasteiger partial charge in [-0.2, -0.15) is 0 Å². The molecule has 2 rings (SSSR count). The molecular weight excluding hydrogens is 345 g/mol. The van der Waals surface area contributed by atoms with E-state index >= 15 is 0 Å². The number of esters is 1. The zero-order valence-electron chi connectivity index (χ0n) is 10.0. The zero-order chi connectivity index (χ0) is 13.1. The lowest BCUT2D eigenvalue weighted by Gasteiger charge is -2.09. The molecule has 1 aliphatic rings. The Hall–Kier alpha value is -1.11. The molecule has 1 fully saturated rings. The maximum atomic E-state index is 11.6. The quantitative estimate of drug-likeness (QED) is 0.664. The third kappa shape index (κ3) is 3.69. The fourth-order valence-electron chi connectivity index (χ4n) is 1.53. The average Bonchev–Trinajstić information content (AvgIpc) is 3.14. The molecule has 4 nitrogen and oxygen atoms in total. The van der Waals surface area contributed by atoms with Gasteiger partial charge >= 0.3 is 5.97 Å². The second kappa shape index (κ2) is 5.69. The van der Waals surface area contributed by atoms with Crippen molar-refractivity contribution in [2.75, 3.05) is 11.9 Å². The van der Waals surface area contributed by atoms with Crippen LogP contribution in [0.1, 0.15) is 18.4 Å². The number of hydrogen-bond donors (Lipinski definition) is 1. The minimum absolute atomic E-state index is 0.0258. The van der Waals surface area contributed by atoms with Gasteiger partial charge < -0.3 is 10.1 Å². The van der Waals surface area contributed by atoms with Crippen LogP contribution in [-0.2, 0) is 14.3 Å². The fourth-order valence-corrected chi connectivity index (χ4v) is 2.17. The van der Waals surface area contributed by atoms with Crippen LogP contribution in [-0.4, -0.2) is 18.5 Å². The predicted molar refractivity (Wildman–Crippen MR) is 76.2 cm³/mol. The first-order valence-electron chi connectivity index (χ1n) is 5.79. The van der Waals surface area contributed by atoms with Crippen LogP contribution in [0.4, 0.5) is 5.69 Å². The van der Waals surface area contributed by atoms with Gasteiger partial charge in [0.25, 0.3) is 5.91 Å². The normalized spacial score (nSPS) is 14.1. The van der Waals surface area contributed by atoms with Crippen LogP contribution in [0.5, 0.6) is 0 Å². The first-order chi connectivity index (χ1) is 8.56. The van der Waals surface area contributed by atoms with Crippen LogP contribution in [0.25, 0.3) is 0 Å². The number of carbonyl (C=O) groups excluding carboxylic acids is 2. The highest BCUT2D eigenvalue weighted by Gasteiger charge is 2.31. The summed E-state index contributed by atoms with van der Waals surface area (Å²) < 4.78 is 6.03. The summed E-state index contributed by atoms with van der Waals surface area (Å²) in [6.45, 7) is 1.72. The molecule has 0 saturated heterocycles. The van der Waals surface area contributed by atoms with E-state index in [4.69, 9.17) is 4.74 Å². The first kappa shape index (κ1) is 13.3. The fraction of sp³-hybridized carbons (Fsp3) is 0.385. The van der Waals surface area contributed by atoms with Crippen molar-refractivity contribution >= 4 is 40.2 Å². The molecule has 0 aromatic heterocycles. The Balaban J connectivity index is 1.84. The van der Waals surface area contributed by atoms with Crippen molar-refractivity contribution in [3.8, 4) is 0 Å². The van der Waals surface area contributed by atoms with E-state index in [9.17, 15) is 9.59 Å². The van der Waals surface area contributed by atoms with Crippen LogP contribution >= 0.6 is 22.6 Å². The lowest BCUT2D eigenvalue weighted by Crippen LogP contribution is -2.21. The van der Waals surface area contributed by atoms with Gasteiger partial charge in [-0.25, -0.2) is 0 Å². The number of hydrogen-bond acceptors (Lipinski definition) is 3. The molecule has 1 aromatic carbocycles. The standard InChI is InChI=1S/C13H14INO3/c1-8-6-10(14)4-5-11(8)15-12(16)7-18-13(17)9-2-3-9/h4-6,9H,2-3,7H2,1H3,(H,15,16). The summed E-state index contributed by atoms with van der Waals surface area (Å²) in [5.41, 5.74) is 1.74. The molecule has 1 aliphatic carbocycles. The molecule has 18 heavy (non-hydrogen) atoms. The molecule has 1 N–H and O–H groups in total. The van der Waals surface area contributed by atoms with Crippen molar-refractivity contribution < 1.29 is 14.3 Å². The molecule has 0 radical (unpaired) electrons. The minimum atomic E-state index is -0.298. The topological polar surface area (TPSA) is 55.4 Å². The smallest absolute Gasteiger partial charge is 0.309 e. The molecule has 0 unspecified atom stereocenters. The van der Waals surface area contributed by atoms with Gasteiger partial charge in [-0.05, 0) is 66.1 Å². The minimum Gasteiger partial charge on any atom is -0.455 e. The number of nitrogens with one attached hydrogen (secondary N) is 1. The second-order valence-corrected chi connectivity index (χ2v) is 5.64. The SMILES string of the molecule is Cc1cc(I)ccc1NC(=O)COC(=O)C1CC1. The Morgan fingerprint density at radius 2 is 2.17 bits per heavy atom. The second-order valence-electron chi connectivity index (χ2n) is 4.39. The van der Waals surface area contributed by atoms with E-state index in [2.05, 4.69) is 27.9 Å². The molecule has 1 saturated carbocycles. The summed E-state index contributed by atoms with van der Waals surface area (Å²) in [6.07, 6.45) is 1.77. The Morgan fingerprint density at radius 1 is 1.44 bits per heavy atom. The molecular formula is C13H14INO3. The highest BCUT2D eigenvalue weighted by Crippen LogP contribution is 2.30. The third-order valence-corrected chi connectivity index (χ3v) is 3.39. The van der Waals surface area contributed by atoms with E-state index in [-0.39, 0.29) is 24.4 Å². The largest absolute Gasteiger partial charge is 0.455 e. The third-order valence-electron chi connectivity index (χ3n) is 2.72. The highest BCUT2D eigenvalue weighted by molar-refractivity contribution is 14.1. The van der Waals surface area contributed by atoms with Crippen LogP contribution in [0, 0.1) is 16.4 Å². The summed E-state index contributed by atoms with van der Waals surface area (Å²) in [5.74, 6) is -0.532. The number of rotatable bonds is 4. The Kier molecular flexibility index (Phi) is 4.21. The summed E-state index contributed by atoms with van der Waals surface area (Å²) >= 11 is 2.21. The molecule has 96 valence electrons. The summed E-state index contributed by atoms with van der Waals surface area (Å²) in [5, 5.41) is 2.73. The van der Waals surface area contributed by atoms with Gasteiger partial charge in [-0.3, -0.25) is 9.59 Å². The van der Waals surface area contributed by atoms with Crippen molar-refractivity contribution in [3.63, 3.8) is 0 Å². The van der Waals surface area contributed by atoms with E-state index in [0.29, 0.717) is 0 Å².